The van der Waals surface area contributed by atoms with E-state index in [1.807, 2.05) is 29.6 Å². The fraction of sp³-hybridized carbons (Fsp3) is 0.240. The Morgan fingerprint density at radius 3 is 2.53 bits per heavy atom. The second kappa shape index (κ2) is 10.4. The van der Waals surface area contributed by atoms with E-state index in [2.05, 4.69) is 5.10 Å². The fourth-order valence-electron chi connectivity index (χ4n) is 3.68. The highest BCUT2D eigenvalue weighted by Gasteiger charge is 2.34. The van der Waals surface area contributed by atoms with Crippen LogP contribution in [0.15, 0.2) is 65.1 Å². The molecule has 34 heavy (non-hydrogen) atoms. The van der Waals surface area contributed by atoms with E-state index in [-0.39, 0.29) is 6.04 Å². The third-order valence-corrected chi connectivity index (χ3v) is 6.31. The molecule has 8 nitrogen and oxygen atoms in total. The number of carbonyl (C=O) groups is 2. The van der Waals surface area contributed by atoms with Crippen LogP contribution in [0.1, 0.15) is 33.3 Å². The first-order valence-electron chi connectivity index (χ1n) is 10.5. The van der Waals surface area contributed by atoms with Crippen molar-refractivity contribution in [2.75, 3.05) is 27.9 Å². The zero-order valence-electron chi connectivity index (χ0n) is 19.0. The molecule has 0 bridgehead atoms. The number of benzene rings is 2. The Morgan fingerprint density at radius 1 is 1.00 bits per heavy atom. The molecule has 2 aromatic carbocycles. The van der Waals surface area contributed by atoms with Gasteiger partial charge in [0.25, 0.3) is 5.91 Å². The summed E-state index contributed by atoms with van der Waals surface area (Å²) in [5.41, 5.74) is 1.93. The Kier molecular flexibility index (Phi) is 7.12. The topological polar surface area (TPSA) is 86.7 Å². The summed E-state index contributed by atoms with van der Waals surface area (Å²) in [5.74, 6) is 0.633. The van der Waals surface area contributed by atoms with Gasteiger partial charge in [-0.25, -0.2) is 9.80 Å². The summed E-state index contributed by atoms with van der Waals surface area (Å²) >= 11 is 1.55. The minimum Gasteiger partial charge on any atom is -0.497 e. The van der Waals surface area contributed by atoms with E-state index in [9.17, 15) is 9.59 Å². The Labute approximate surface area is 201 Å². The van der Waals surface area contributed by atoms with Gasteiger partial charge in [-0.15, -0.1) is 11.3 Å². The maximum atomic E-state index is 13.1. The van der Waals surface area contributed by atoms with E-state index in [0.717, 1.165) is 16.2 Å². The smallest absolute Gasteiger partial charge is 0.338 e. The van der Waals surface area contributed by atoms with Gasteiger partial charge in [0.2, 0.25) is 0 Å². The number of thiophene rings is 1. The average Bonchev–Trinajstić information content (AvgIpc) is 3.57. The van der Waals surface area contributed by atoms with Crippen LogP contribution < -0.4 is 14.2 Å². The van der Waals surface area contributed by atoms with E-state index in [0.29, 0.717) is 29.2 Å². The van der Waals surface area contributed by atoms with Crippen LogP contribution in [0.3, 0.4) is 0 Å². The molecule has 0 unspecified atom stereocenters. The number of nitrogens with zero attached hydrogens (tertiary/aromatic N) is 2. The van der Waals surface area contributed by atoms with Crippen LogP contribution in [0.5, 0.6) is 17.2 Å². The summed E-state index contributed by atoms with van der Waals surface area (Å²) in [6.45, 7) is -0.443. The molecule has 2 heterocycles. The Bertz CT molecular complexity index is 1210. The monoisotopic (exact) mass is 480 g/mol. The lowest BCUT2D eigenvalue weighted by atomic mass is 10.0. The third kappa shape index (κ3) is 4.89. The lowest BCUT2D eigenvalue weighted by Crippen LogP contribution is -2.31. The summed E-state index contributed by atoms with van der Waals surface area (Å²) in [6.07, 6.45) is 0.519. The number of amides is 1. The van der Waals surface area contributed by atoms with Gasteiger partial charge in [0.15, 0.2) is 18.1 Å². The van der Waals surface area contributed by atoms with E-state index in [1.165, 1.54) is 12.1 Å². The summed E-state index contributed by atoms with van der Waals surface area (Å²) in [5, 5.41) is 7.94. The first-order chi connectivity index (χ1) is 16.5. The summed E-state index contributed by atoms with van der Waals surface area (Å²) in [4.78, 5) is 26.6. The molecule has 1 aliphatic rings. The van der Waals surface area contributed by atoms with Crippen molar-refractivity contribution in [1.29, 1.82) is 0 Å². The highest BCUT2D eigenvalue weighted by Crippen LogP contribution is 2.37. The third-order valence-electron chi connectivity index (χ3n) is 5.40. The minimum atomic E-state index is -0.614. The maximum Gasteiger partial charge on any atom is 0.338 e. The molecule has 0 aliphatic carbocycles. The van der Waals surface area contributed by atoms with Gasteiger partial charge < -0.3 is 18.9 Å². The van der Waals surface area contributed by atoms with Crippen molar-refractivity contribution in [3.05, 3.63) is 76.0 Å². The van der Waals surface area contributed by atoms with E-state index >= 15 is 0 Å². The number of hydrazone groups is 1. The van der Waals surface area contributed by atoms with Crippen LogP contribution in [0, 0.1) is 0 Å². The zero-order chi connectivity index (χ0) is 24.1. The van der Waals surface area contributed by atoms with Gasteiger partial charge in [-0.05, 0) is 47.3 Å². The van der Waals surface area contributed by atoms with Crippen LogP contribution in [0.4, 0.5) is 0 Å². The number of ether oxygens (including phenoxy) is 4. The Morgan fingerprint density at radius 2 is 1.82 bits per heavy atom. The molecule has 0 saturated carbocycles. The lowest BCUT2D eigenvalue weighted by Gasteiger charge is -2.22. The molecule has 1 aromatic heterocycles. The molecule has 4 rings (SSSR count). The normalized spacial score (nSPS) is 15.0. The minimum absolute atomic E-state index is 0.299. The Balaban J connectivity index is 1.55. The maximum absolute atomic E-state index is 13.1. The molecule has 1 atom stereocenters. The van der Waals surface area contributed by atoms with Gasteiger partial charge in [-0.2, -0.15) is 5.10 Å². The molecule has 1 amide bonds. The van der Waals surface area contributed by atoms with Gasteiger partial charge in [0.1, 0.15) is 5.75 Å². The fourth-order valence-corrected chi connectivity index (χ4v) is 4.40. The van der Waals surface area contributed by atoms with Crippen molar-refractivity contribution >= 4 is 28.9 Å². The van der Waals surface area contributed by atoms with Gasteiger partial charge >= 0.3 is 5.97 Å². The molecule has 0 saturated heterocycles. The van der Waals surface area contributed by atoms with Crippen LogP contribution in [0.25, 0.3) is 0 Å². The average molecular weight is 481 g/mol. The molecule has 3 aromatic rings. The molecule has 9 heteroatoms. The molecular formula is C25H24N2O6S. The quantitative estimate of drug-likeness (QED) is 0.447. The first-order valence-corrected chi connectivity index (χ1v) is 11.4. The molecular weight excluding hydrogens is 456 g/mol. The predicted molar refractivity (Wildman–Crippen MR) is 128 cm³/mol. The number of carbonyl (C=O) groups excluding carboxylic acids is 2. The van der Waals surface area contributed by atoms with Crippen LogP contribution in [-0.2, 0) is 9.53 Å². The number of rotatable bonds is 8. The standard InChI is InChI=1S/C25H24N2O6S/c1-30-18-7-4-6-17(12-18)25(29)33-15-24(28)27-20(14-19(26-27)23-8-5-11-34-23)16-9-10-21(31-2)22(13-16)32-3/h4-13,20H,14-15H2,1-3H3/t20-/m0/s1. The van der Waals surface area contributed by atoms with Crippen LogP contribution in [0.2, 0.25) is 0 Å². The Hall–Kier alpha value is -3.85. The van der Waals surface area contributed by atoms with Crippen molar-refractivity contribution in [2.45, 2.75) is 12.5 Å². The van der Waals surface area contributed by atoms with Crippen molar-refractivity contribution in [3.8, 4) is 17.2 Å². The van der Waals surface area contributed by atoms with Crippen molar-refractivity contribution < 1.29 is 28.5 Å². The summed E-state index contributed by atoms with van der Waals surface area (Å²) < 4.78 is 21.2. The molecule has 0 N–H and O–H groups in total. The molecule has 176 valence electrons. The molecule has 0 spiro atoms. The second-order valence-corrected chi connectivity index (χ2v) is 8.35. The SMILES string of the molecule is COc1cccc(C(=O)OCC(=O)N2N=C(c3cccs3)C[C@H]2c2ccc(OC)c(OC)c2)c1. The number of hydrogen-bond donors (Lipinski definition) is 0. The number of hydrogen-bond acceptors (Lipinski definition) is 8. The highest BCUT2D eigenvalue weighted by molar-refractivity contribution is 7.12. The van der Waals surface area contributed by atoms with Crippen LogP contribution >= 0.6 is 11.3 Å². The largest absolute Gasteiger partial charge is 0.497 e. The molecule has 0 fully saturated rings. The number of esters is 1. The molecule has 0 radical (unpaired) electrons. The van der Waals surface area contributed by atoms with E-state index in [1.54, 1.807) is 55.9 Å². The molecule has 1 aliphatic heterocycles. The van der Waals surface area contributed by atoms with E-state index in [4.69, 9.17) is 18.9 Å². The summed E-state index contributed by atoms with van der Waals surface area (Å²) in [6, 6.07) is 15.6. The van der Waals surface area contributed by atoms with Gasteiger partial charge in [0, 0.05) is 6.42 Å². The zero-order valence-corrected chi connectivity index (χ0v) is 19.8. The lowest BCUT2D eigenvalue weighted by molar-refractivity contribution is -0.136. The van der Waals surface area contributed by atoms with Crippen molar-refractivity contribution in [1.82, 2.24) is 5.01 Å². The van der Waals surface area contributed by atoms with E-state index < -0.39 is 18.5 Å². The first kappa shape index (κ1) is 23.3. The van der Waals surface area contributed by atoms with Crippen molar-refractivity contribution in [2.24, 2.45) is 5.10 Å². The van der Waals surface area contributed by atoms with Crippen molar-refractivity contribution in [3.63, 3.8) is 0 Å². The highest BCUT2D eigenvalue weighted by atomic mass is 32.1. The summed E-state index contributed by atoms with van der Waals surface area (Å²) in [7, 11) is 4.64. The van der Waals surface area contributed by atoms with Gasteiger partial charge in [0.05, 0.1) is 43.5 Å². The number of methoxy groups -OCH3 is 3. The predicted octanol–water partition coefficient (Wildman–Crippen LogP) is 4.31. The van der Waals surface area contributed by atoms with Crippen LogP contribution in [-0.4, -0.2) is 50.5 Å². The van der Waals surface area contributed by atoms with Gasteiger partial charge in [-0.3, -0.25) is 4.79 Å². The van der Waals surface area contributed by atoms with Gasteiger partial charge in [-0.1, -0.05) is 18.2 Å². The second-order valence-electron chi connectivity index (χ2n) is 7.40.